The van der Waals surface area contributed by atoms with Gasteiger partial charge in [-0.05, 0) is 119 Å². The Morgan fingerprint density at radius 3 is 0.837 bits per heavy atom. The van der Waals surface area contributed by atoms with Crippen LogP contribution in [0.5, 0.6) is 0 Å². The summed E-state index contributed by atoms with van der Waals surface area (Å²) in [6, 6.07) is 5.70. The van der Waals surface area contributed by atoms with Crippen LogP contribution in [0.4, 0.5) is 0 Å². The van der Waals surface area contributed by atoms with Crippen LogP contribution < -0.4 is 0 Å². The summed E-state index contributed by atoms with van der Waals surface area (Å²) >= 11 is 0. The van der Waals surface area contributed by atoms with Crippen LogP contribution in [0.15, 0.2) is 46.2 Å². The van der Waals surface area contributed by atoms with Gasteiger partial charge in [0.2, 0.25) is 0 Å². The molecule has 14 nitrogen and oxygen atoms in total. The second kappa shape index (κ2) is 16.8. The molecule has 2 aromatic rings. The van der Waals surface area contributed by atoms with E-state index in [1.807, 2.05) is 0 Å². The molecule has 0 radical (unpaired) electrons. The van der Waals surface area contributed by atoms with Crippen molar-refractivity contribution in [1.29, 1.82) is 0 Å². The first kappa shape index (κ1) is 46.7. The number of esters is 4. The van der Waals surface area contributed by atoms with Crippen molar-refractivity contribution in [1.82, 2.24) is 0 Å². The normalized spacial score (nSPS) is 12.4. The average Bonchev–Trinajstić information content (AvgIpc) is 2.83. The SMILES string of the molecule is CC(C)(C)OC(=O)c1ccc(S(=O)(=O)[O-])cc1C(=O)OC(C)(C)C.CC(C)(C)OC(=O)c1ccc(S(=O)(=O)[O-])cc1C(=O)OC(C)(C)C.[Ba+2]. The number of rotatable bonds is 6. The molecule has 0 saturated heterocycles. The Labute approximate surface area is 328 Å². The minimum atomic E-state index is -4.79. The smallest absolute Gasteiger partial charge is 0.744 e. The summed E-state index contributed by atoms with van der Waals surface area (Å²) in [6.45, 7) is 19.6. The van der Waals surface area contributed by atoms with Gasteiger partial charge in [0, 0.05) is 0 Å². The van der Waals surface area contributed by atoms with Gasteiger partial charge in [0.15, 0.2) is 0 Å². The molecule has 17 heteroatoms. The summed E-state index contributed by atoms with van der Waals surface area (Å²) in [4.78, 5) is 47.9. The second-order valence-electron chi connectivity index (χ2n) is 14.3. The number of ether oxygens (including phenoxy) is 4. The molecule has 268 valence electrons. The molecule has 0 spiro atoms. The van der Waals surface area contributed by atoms with Gasteiger partial charge in [-0.2, -0.15) is 0 Å². The Hall–Kier alpha value is -2.29. The van der Waals surface area contributed by atoms with Crippen molar-refractivity contribution in [2.45, 2.75) is 115 Å². The minimum Gasteiger partial charge on any atom is -0.744 e. The Bertz CT molecular complexity index is 1640. The number of benzene rings is 2. The average molecular weight is 852 g/mol. The van der Waals surface area contributed by atoms with Crippen LogP contribution >= 0.6 is 0 Å². The molecule has 0 aromatic heterocycles. The monoisotopic (exact) mass is 852 g/mol. The van der Waals surface area contributed by atoms with Gasteiger partial charge < -0.3 is 28.1 Å². The molecule has 0 amide bonds. The third-order valence-electron chi connectivity index (χ3n) is 5.03. The zero-order chi connectivity index (χ0) is 37.8. The third kappa shape index (κ3) is 17.0. The minimum absolute atomic E-state index is 0. The molecule has 0 atom stereocenters. The first-order chi connectivity index (χ1) is 21.2. The Morgan fingerprint density at radius 1 is 0.449 bits per heavy atom. The van der Waals surface area contributed by atoms with Crippen LogP contribution in [-0.2, 0) is 39.2 Å². The Morgan fingerprint density at radius 2 is 0.653 bits per heavy atom. The van der Waals surface area contributed by atoms with Gasteiger partial charge in [-0.3, -0.25) is 0 Å². The largest absolute Gasteiger partial charge is 2.00 e. The number of carbonyl (C=O) groups excluding carboxylic acids is 4. The van der Waals surface area contributed by atoms with E-state index in [2.05, 4.69) is 0 Å². The van der Waals surface area contributed by atoms with Crippen LogP contribution in [-0.4, -0.2) is 121 Å². The molecule has 0 unspecified atom stereocenters. The van der Waals surface area contributed by atoms with Crippen molar-refractivity contribution in [3.05, 3.63) is 58.7 Å². The summed E-state index contributed by atoms with van der Waals surface area (Å²) in [5.41, 5.74) is -4.38. The van der Waals surface area contributed by atoms with E-state index in [1.165, 1.54) is 0 Å². The first-order valence-corrected chi connectivity index (χ1v) is 17.2. The van der Waals surface area contributed by atoms with Crippen LogP contribution in [0, 0.1) is 0 Å². The van der Waals surface area contributed by atoms with Gasteiger partial charge in [0.05, 0.1) is 32.0 Å². The Balaban J connectivity index is 0.000000922. The molecule has 0 bridgehead atoms. The summed E-state index contributed by atoms with van der Waals surface area (Å²) in [5, 5.41) is 0. The summed E-state index contributed by atoms with van der Waals surface area (Å²) < 4.78 is 87.8. The molecule has 0 aliphatic rings. The molecular formula is C32H42BaO14S2. The quantitative estimate of drug-likeness (QED) is 0.168. The number of carbonyl (C=O) groups is 4. The maximum atomic E-state index is 12.3. The fraction of sp³-hybridized carbons (Fsp3) is 0.500. The van der Waals surface area contributed by atoms with Gasteiger partial charge in [-0.15, -0.1) is 0 Å². The molecule has 0 saturated carbocycles. The predicted octanol–water partition coefficient (Wildman–Crippen LogP) is 4.62. The second-order valence-corrected chi connectivity index (χ2v) is 17.1. The first-order valence-electron chi connectivity index (χ1n) is 14.3. The maximum absolute atomic E-state index is 12.3. The van der Waals surface area contributed by atoms with E-state index in [-0.39, 0.29) is 71.1 Å². The maximum Gasteiger partial charge on any atom is 2.00 e. The van der Waals surface area contributed by atoms with E-state index in [1.54, 1.807) is 83.1 Å². The summed E-state index contributed by atoms with van der Waals surface area (Å²) in [5.74, 6) is -3.49. The zero-order valence-corrected chi connectivity index (χ0v) is 35.8. The topological polar surface area (TPSA) is 220 Å². The van der Waals surface area contributed by atoms with Crippen molar-refractivity contribution in [3.8, 4) is 0 Å². The van der Waals surface area contributed by atoms with Crippen molar-refractivity contribution in [2.24, 2.45) is 0 Å². The van der Waals surface area contributed by atoms with Crippen LogP contribution in [0.2, 0.25) is 0 Å². The fourth-order valence-corrected chi connectivity index (χ4v) is 4.38. The molecule has 2 aromatic carbocycles. The zero-order valence-electron chi connectivity index (χ0n) is 29.7. The van der Waals surface area contributed by atoms with E-state index in [4.69, 9.17) is 18.9 Å². The molecule has 2 rings (SSSR count). The van der Waals surface area contributed by atoms with E-state index in [0.717, 1.165) is 36.4 Å². The molecule has 0 heterocycles. The third-order valence-corrected chi connectivity index (χ3v) is 6.70. The molecule has 0 aliphatic carbocycles. The standard InChI is InChI=1S/2C16H22O7S.Ba/c2*1-15(2,3)22-13(17)11-8-7-10(24(19,20)21)9-12(11)14(18)23-16(4,5)6;/h2*7-9H,1-6H3,(H,19,20,21);/q;;+2/p-2. The van der Waals surface area contributed by atoms with Crippen molar-refractivity contribution < 1.29 is 64.1 Å². The van der Waals surface area contributed by atoms with Crippen molar-refractivity contribution in [2.75, 3.05) is 0 Å². The van der Waals surface area contributed by atoms with E-state index < -0.39 is 76.3 Å². The van der Waals surface area contributed by atoms with E-state index in [0.29, 0.717) is 0 Å². The van der Waals surface area contributed by atoms with Gasteiger partial charge in [-0.25, -0.2) is 36.0 Å². The van der Waals surface area contributed by atoms with Gasteiger partial charge in [-0.1, -0.05) is 0 Å². The summed E-state index contributed by atoms with van der Waals surface area (Å²) in [6.07, 6.45) is 0. The van der Waals surface area contributed by atoms with Crippen LogP contribution in [0.3, 0.4) is 0 Å². The van der Waals surface area contributed by atoms with E-state index >= 15 is 0 Å². The van der Waals surface area contributed by atoms with Crippen LogP contribution in [0.25, 0.3) is 0 Å². The van der Waals surface area contributed by atoms with Gasteiger partial charge in [0.25, 0.3) is 0 Å². The fourth-order valence-electron chi connectivity index (χ4n) is 3.38. The molecule has 0 aliphatic heterocycles. The molecular weight excluding hydrogens is 810 g/mol. The van der Waals surface area contributed by atoms with Crippen molar-refractivity contribution >= 4 is 93.0 Å². The van der Waals surface area contributed by atoms with Gasteiger partial charge in [0.1, 0.15) is 42.6 Å². The molecule has 49 heavy (non-hydrogen) atoms. The number of hydrogen-bond donors (Lipinski definition) is 0. The predicted molar refractivity (Wildman–Crippen MR) is 175 cm³/mol. The van der Waals surface area contributed by atoms with Crippen molar-refractivity contribution in [3.63, 3.8) is 0 Å². The Kier molecular flexibility index (Phi) is 16.0. The van der Waals surface area contributed by atoms with Crippen LogP contribution in [0.1, 0.15) is 125 Å². The number of hydrogen-bond acceptors (Lipinski definition) is 14. The molecule has 0 N–H and O–H groups in total. The van der Waals surface area contributed by atoms with E-state index in [9.17, 15) is 45.1 Å². The van der Waals surface area contributed by atoms with Gasteiger partial charge >= 0.3 is 72.8 Å². The molecule has 0 fully saturated rings. The summed E-state index contributed by atoms with van der Waals surface area (Å²) in [7, 11) is -9.58.